The molecule has 4 rings (SSSR count). The molecule has 1 N–H and O–H groups in total. The summed E-state index contributed by atoms with van der Waals surface area (Å²) in [6, 6.07) is 11.9. The number of pyridine rings is 1. The normalized spacial score (nSPS) is 12.8. The number of nitrogens with zero attached hydrogens (tertiary/aromatic N) is 2. The number of rotatable bonds is 5. The molecule has 0 atom stereocenters. The summed E-state index contributed by atoms with van der Waals surface area (Å²) in [7, 11) is 0. The molecular weight excluding hydrogens is 457 g/mol. The lowest BCUT2D eigenvalue weighted by Gasteiger charge is -2.28. The Hall–Kier alpha value is -3.36. The molecule has 3 aromatic rings. The molecule has 0 fully saturated rings. The van der Waals surface area contributed by atoms with Gasteiger partial charge in [-0.15, -0.1) is 0 Å². The van der Waals surface area contributed by atoms with Crippen molar-refractivity contribution in [3.05, 3.63) is 58.2 Å². The Morgan fingerprint density at radius 1 is 1.12 bits per heavy atom. The molecule has 2 amide bonds. The number of nitrogens with one attached hydrogen (secondary N) is 1. The number of halogens is 2. The van der Waals surface area contributed by atoms with Crippen molar-refractivity contribution < 1.29 is 23.9 Å². The number of ether oxygens (including phenoxy) is 2. The van der Waals surface area contributed by atoms with Crippen LogP contribution in [0.15, 0.2) is 42.5 Å². The second-order valence-corrected chi connectivity index (χ2v) is 7.83. The number of amides is 2. The van der Waals surface area contributed by atoms with Crippen LogP contribution in [0.5, 0.6) is 5.75 Å². The quantitative estimate of drug-likeness (QED) is 0.566. The Morgan fingerprint density at radius 3 is 2.72 bits per heavy atom. The zero-order chi connectivity index (χ0) is 22.8. The summed E-state index contributed by atoms with van der Waals surface area (Å²) < 4.78 is 10.6. The van der Waals surface area contributed by atoms with Crippen molar-refractivity contribution in [2.24, 2.45) is 0 Å². The molecule has 10 heteroatoms. The number of hydrogen-bond donors (Lipinski definition) is 1. The van der Waals surface area contributed by atoms with E-state index in [4.69, 9.17) is 32.7 Å². The van der Waals surface area contributed by atoms with E-state index in [0.717, 1.165) is 5.69 Å². The third-order valence-corrected chi connectivity index (χ3v) is 5.33. The van der Waals surface area contributed by atoms with Crippen LogP contribution in [0, 0.1) is 6.92 Å². The van der Waals surface area contributed by atoms with Gasteiger partial charge in [-0.25, -0.2) is 9.78 Å². The number of carbonyl (C=O) groups is 3. The molecule has 0 saturated carbocycles. The number of fused-ring (bicyclic) bond motifs is 2. The monoisotopic (exact) mass is 473 g/mol. The maximum absolute atomic E-state index is 12.6. The largest absolute Gasteiger partial charge is 0.478 e. The first-order valence-corrected chi connectivity index (χ1v) is 10.3. The van der Waals surface area contributed by atoms with Crippen molar-refractivity contribution in [3.8, 4) is 5.75 Å². The number of carbonyl (C=O) groups excluding carboxylic acids is 3. The number of anilines is 2. The summed E-state index contributed by atoms with van der Waals surface area (Å²) in [5.41, 5.74) is 2.19. The fourth-order valence-electron chi connectivity index (χ4n) is 3.28. The summed E-state index contributed by atoms with van der Waals surface area (Å²) in [6.07, 6.45) is 0. The standard InChI is InChI=1S/C22H17Cl2N3O5/c1-12-6-7-13-14(23)8-15(24)22(21(13)25-12)32-11-20(30)31-10-19(29)27-9-18(28)26-16-4-2-3-5-17(16)27/h2-8H,9-11H2,1H3,(H,26,28). The van der Waals surface area contributed by atoms with Gasteiger partial charge in [0, 0.05) is 11.1 Å². The van der Waals surface area contributed by atoms with Crippen molar-refractivity contribution in [1.82, 2.24) is 4.98 Å². The Balaban J connectivity index is 1.41. The number of esters is 1. The van der Waals surface area contributed by atoms with Gasteiger partial charge in [0.25, 0.3) is 5.91 Å². The molecule has 2 aromatic carbocycles. The highest BCUT2D eigenvalue weighted by Crippen LogP contribution is 2.37. The highest BCUT2D eigenvalue weighted by atomic mass is 35.5. The molecule has 32 heavy (non-hydrogen) atoms. The van der Waals surface area contributed by atoms with Gasteiger partial charge in [-0.05, 0) is 37.3 Å². The minimum absolute atomic E-state index is 0.165. The molecule has 0 saturated heterocycles. The maximum atomic E-state index is 12.6. The first-order chi connectivity index (χ1) is 15.3. The van der Waals surface area contributed by atoms with Gasteiger partial charge in [-0.3, -0.25) is 14.5 Å². The van der Waals surface area contributed by atoms with Crippen LogP contribution in [-0.2, 0) is 19.1 Å². The van der Waals surface area contributed by atoms with Crippen LogP contribution in [-0.4, -0.2) is 42.5 Å². The minimum atomic E-state index is -0.778. The summed E-state index contributed by atoms with van der Waals surface area (Å²) >= 11 is 12.4. The molecular formula is C22H17Cl2N3O5. The zero-order valence-corrected chi connectivity index (χ0v) is 18.4. The van der Waals surface area contributed by atoms with E-state index in [1.807, 2.05) is 0 Å². The molecule has 1 aliphatic heterocycles. The summed E-state index contributed by atoms with van der Waals surface area (Å²) in [5.74, 6) is -1.45. The van der Waals surface area contributed by atoms with Gasteiger partial charge in [0.15, 0.2) is 19.0 Å². The van der Waals surface area contributed by atoms with Crippen LogP contribution < -0.4 is 15.0 Å². The smallest absolute Gasteiger partial charge is 0.344 e. The topological polar surface area (TPSA) is 97.8 Å². The van der Waals surface area contributed by atoms with Gasteiger partial charge in [0.05, 0.1) is 21.4 Å². The number of aromatic nitrogens is 1. The van der Waals surface area contributed by atoms with Crippen molar-refractivity contribution in [2.75, 3.05) is 30.0 Å². The molecule has 0 unspecified atom stereocenters. The third kappa shape index (κ3) is 4.46. The maximum Gasteiger partial charge on any atom is 0.344 e. The molecule has 0 bridgehead atoms. The van der Waals surface area contributed by atoms with Gasteiger partial charge in [-0.1, -0.05) is 35.3 Å². The second kappa shape index (κ2) is 9.02. The van der Waals surface area contributed by atoms with Crippen LogP contribution in [0.25, 0.3) is 10.9 Å². The molecule has 0 radical (unpaired) electrons. The lowest BCUT2D eigenvalue weighted by atomic mass is 10.2. The highest BCUT2D eigenvalue weighted by molar-refractivity contribution is 6.39. The van der Waals surface area contributed by atoms with Crippen molar-refractivity contribution in [3.63, 3.8) is 0 Å². The first-order valence-electron chi connectivity index (χ1n) is 9.56. The number of hydrogen-bond acceptors (Lipinski definition) is 6. The van der Waals surface area contributed by atoms with Gasteiger partial charge in [-0.2, -0.15) is 0 Å². The highest BCUT2D eigenvalue weighted by Gasteiger charge is 2.27. The molecule has 8 nitrogen and oxygen atoms in total. The third-order valence-electron chi connectivity index (χ3n) is 4.74. The summed E-state index contributed by atoms with van der Waals surface area (Å²) in [5, 5.41) is 3.92. The average Bonchev–Trinajstić information content (AvgIpc) is 2.76. The Bertz CT molecular complexity index is 1250. The van der Waals surface area contributed by atoms with Crippen LogP contribution >= 0.6 is 23.2 Å². The van der Waals surface area contributed by atoms with Gasteiger partial charge in [0.2, 0.25) is 5.91 Å². The van der Waals surface area contributed by atoms with Gasteiger partial charge < -0.3 is 14.8 Å². The number of para-hydroxylation sites is 2. The minimum Gasteiger partial charge on any atom is -0.478 e. The van der Waals surface area contributed by atoms with E-state index in [-0.39, 0.29) is 23.2 Å². The van der Waals surface area contributed by atoms with Crippen LogP contribution in [0.4, 0.5) is 11.4 Å². The van der Waals surface area contributed by atoms with E-state index in [2.05, 4.69) is 10.3 Å². The lowest BCUT2D eigenvalue weighted by Crippen LogP contribution is -2.44. The Morgan fingerprint density at radius 2 is 1.91 bits per heavy atom. The predicted molar refractivity (Wildman–Crippen MR) is 120 cm³/mol. The average molecular weight is 474 g/mol. The zero-order valence-electron chi connectivity index (χ0n) is 16.9. The van der Waals surface area contributed by atoms with E-state index in [1.165, 1.54) is 11.0 Å². The van der Waals surface area contributed by atoms with Gasteiger partial charge in [0.1, 0.15) is 12.1 Å². The molecule has 0 spiro atoms. The Labute approximate surface area is 193 Å². The van der Waals surface area contributed by atoms with Crippen LogP contribution in [0.3, 0.4) is 0 Å². The molecule has 2 heterocycles. The van der Waals surface area contributed by atoms with Crippen molar-refractivity contribution >= 4 is 63.3 Å². The fraction of sp³-hybridized carbons (Fsp3) is 0.182. The molecule has 164 valence electrons. The summed E-state index contributed by atoms with van der Waals surface area (Å²) in [4.78, 5) is 42.3. The van der Waals surface area contributed by atoms with E-state index >= 15 is 0 Å². The molecule has 1 aliphatic rings. The van der Waals surface area contributed by atoms with E-state index in [9.17, 15) is 14.4 Å². The molecule has 1 aromatic heterocycles. The lowest BCUT2D eigenvalue weighted by molar-refractivity contribution is -0.149. The van der Waals surface area contributed by atoms with Crippen molar-refractivity contribution in [1.29, 1.82) is 0 Å². The number of aryl methyl sites for hydroxylation is 1. The van der Waals surface area contributed by atoms with Crippen molar-refractivity contribution in [2.45, 2.75) is 6.92 Å². The van der Waals surface area contributed by atoms with E-state index in [1.54, 1.807) is 43.3 Å². The summed E-state index contributed by atoms with van der Waals surface area (Å²) in [6.45, 7) is 0.602. The van der Waals surface area contributed by atoms with E-state index < -0.39 is 25.1 Å². The van der Waals surface area contributed by atoms with Gasteiger partial charge >= 0.3 is 5.97 Å². The first kappa shape index (κ1) is 21.9. The van der Waals surface area contributed by atoms with E-state index in [0.29, 0.717) is 27.3 Å². The SMILES string of the molecule is Cc1ccc2c(Cl)cc(Cl)c(OCC(=O)OCC(=O)N3CC(=O)Nc4ccccc43)c2n1. The van der Waals surface area contributed by atoms with Crippen LogP contribution in [0.1, 0.15) is 5.69 Å². The van der Waals surface area contributed by atoms with Crippen LogP contribution in [0.2, 0.25) is 10.0 Å². The molecule has 0 aliphatic carbocycles. The Kier molecular flexibility index (Phi) is 6.16. The second-order valence-electron chi connectivity index (χ2n) is 7.01. The number of benzene rings is 2. The fourth-order valence-corrected chi connectivity index (χ4v) is 3.85. The predicted octanol–water partition coefficient (Wildman–Crippen LogP) is 3.76.